The maximum Gasteiger partial charge on any atom is 0.250 e. The second-order valence-electron chi connectivity index (χ2n) is 4.83. The highest BCUT2D eigenvalue weighted by molar-refractivity contribution is 6.00. The topological polar surface area (TPSA) is 75.4 Å². The number of carbonyl (C=O) groups is 2. The molecule has 5 heteroatoms. The Balaban J connectivity index is 2.34. The standard InChI is InChI=1S/C14H19N3O2/c1-10(18)16-11-5-6-12(14(15)19)13(9-11)17-7-3-2-4-8-17/h5-6,9H,2-4,7-8H2,1H3,(H2,15,19)(H,16,18). The van der Waals surface area contributed by atoms with E-state index in [0.717, 1.165) is 31.6 Å². The van der Waals surface area contributed by atoms with Crippen LogP contribution in [0.2, 0.25) is 0 Å². The van der Waals surface area contributed by atoms with E-state index in [1.54, 1.807) is 12.1 Å². The van der Waals surface area contributed by atoms with Crippen molar-refractivity contribution in [2.75, 3.05) is 23.3 Å². The van der Waals surface area contributed by atoms with Crippen LogP contribution in [-0.2, 0) is 4.79 Å². The highest BCUT2D eigenvalue weighted by Crippen LogP contribution is 2.27. The molecule has 1 saturated heterocycles. The molecule has 0 unspecified atom stereocenters. The maximum atomic E-state index is 11.5. The highest BCUT2D eigenvalue weighted by atomic mass is 16.1. The van der Waals surface area contributed by atoms with Gasteiger partial charge in [0.05, 0.1) is 11.3 Å². The molecule has 0 spiro atoms. The first-order chi connectivity index (χ1) is 9.08. The number of primary amides is 1. The van der Waals surface area contributed by atoms with Gasteiger partial charge in [-0.3, -0.25) is 9.59 Å². The Hall–Kier alpha value is -2.04. The number of piperidine rings is 1. The van der Waals surface area contributed by atoms with Gasteiger partial charge in [0, 0.05) is 25.7 Å². The van der Waals surface area contributed by atoms with Gasteiger partial charge >= 0.3 is 0 Å². The van der Waals surface area contributed by atoms with Crippen molar-refractivity contribution in [3.63, 3.8) is 0 Å². The molecule has 1 aromatic carbocycles. The Bertz CT molecular complexity index is 493. The molecule has 0 atom stereocenters. The number of benzene rings is 1. The molecule has 102 valence electrons. The number of hydrogen-bond acceptors (Lipinski definition) is 3. The van der Waals surface area contributed by atoms with E-state index >= 15 is 0 Å². The fourth-order valence-corrected chi connectivity index (χ4v) is 2.42. The first-order valence-electron chi connectivity index (χ1n) is 6.54. The van der Waals surface area contributed by atoms with Crippen LogP contribution in [0.5, 0.6) is 0 Å². The zero-order chi connectivity index (χ0) is 13.8. The third kappa shape index (κ3) is 3.24. The molecule has 1 aliphatic heterocycles. The molecule has 0 radical (unpaired) electrons. The molecule has 1 aliphatic rings. The number of nitrogens with zero attached hydrogens (tertiary/aromatic N) is 1. The summed E-state index contributed by atoms with van der Waals surface area (Å²) in [7, 11) is 0. The normalized spacial score (nSPS) is 15.1. The van der Waals surface area contributed by atoms with Gasteiger partial charge in [-0.25, -0.2) is 0 Å². The summed E-state index contributed by atoms with van der Waals surface area (Å²) >= 11 is 0. The Morgan fingerprint density at radius 3 is 2.47 bits per heavy atom. The van der Waals surface area contributed by atoms with Gasteiger partial charge in [-0.2, -0.15) is 0 Å². The van der Waals surface area contributed by atoms with Gasteiger partial charge in [-0.15, -0.1) is 0 Å². The van der Waals surface area contributed by atoms with Crippen molar-refractivity contribution in [1.29, 1.82) is 0 Å². The first kappa shape index (κ1) is 13.4. The summed E-state index contributed by atoms with van der Waals surface area (Å²) in [4.78, 5) is 24.8. The number of nitrogens with one attached hydrogen (secondary N) is 1. The molecule has 5 nitrogen and oxygen atoms in total. The molecule has 0 aromatic heterocycles. The number of nitrogens with two attached hydrogens (primary N) is 1. The summed E-state index contributed by atoms with van der Waals surface area (Å²) in [6.45, 7) is 3.30. The minimum atomic E-state index is -0.435. The van der Waals surface area contributed by atoms with Gasteiger partial charge in [-0.05, 0) is 37.5 Å². The summed E-state index contributed by atoms with van der Waals surface area (Å²) in [6, 6.07) is 5.21. The van der Waals surface area contributed by atoms with Crippen molar-refractivity contribution in [1.82, 2.24) is 0 Å². The third-order valence-corrected chi connectivity index (χ3v) is 3.28. The molecule has 3 N–H and O–H groups in total. The molecule has 1 heterocycles. The van der Waals surface area contributed by atoms with Gasteiger partial charge in [0.1, 0.15) is 0 Å². The van der Waals surface area contributed by atoms with Crippen LogP contribution in [0.4, 0.5) is 11.4 Å². The Kier molecular flexibility index (Phi) is 4.04. The van der Waals surface area contributed by atoms with Crippen molar-refractivity contribution in [3.05, 3.63) is 23.8 Å². The summed E-state index contributed by atoms with van der Waals surface area (Å²) < 4.78 is 0. The van der Waals surface area contributed by atoms with E-state index in [9.17, 15) is 9.59 Å². The van der Waals surface area contributed by atoms with Gasteiger partial charge in [0.15, 0.2) is 0 Å². The lowest BCUT2D eigenvalue weighted by molar-refractivity contribution is -0.114. The van der Waals surface area contributed by atoms with Crippen LogP contribution in [-0.4, -0.2) is 24.9 Å². The highest BCUT2D eigenvalue weighted by Gasteiger charge is 2.17. The average Bonchev–Trinajstić information content (AvgIpc) is 2.38. The molecule has 1 fully saturated rings. The summed E-state index contributed by atoms with van der Waals surface area (Å²) in [5.74, 6) is -0.564. The second kappa shape index (κ2) is 5.73. The number of carbonyl (C=O) groups excluding carboxylic acids is 2. The smallest absolute Gasteiger partial charge is 0.250 e. The Labute approximate surface area is 112 Å². The molecule has 0 aliphatic carbocycles. The zero-order valence-corrected chi connectivity index (χ0v) is 11.1. The molecule has 19 heavy (non-hydrogen) atoms. The molecule has 1 aromatic rings. The van der Waals surface area contributed by atoms with Gasteiger partial charge < -0.3 is 16.0 Å². The number of anilines is 2. The van der Waals surface area contributed by atoms with Crippen LogP contribution in [0.25, 0.3) is 0 Å². The largest absolute Gasteiger partial charge is 0.371 e. The van der Waals surface area contributed by atoms with Crippen molar-refractivity contribution >= 4 is 23.2 Å². The SMILES string of the molecule is CC(=O)Nc1ccc(C(N)=O)c(N2CCCCC2)c1. The monoisotopic (exact) mass is 261 g/mol. The Morgan fingerprint density at radius 1 is 1.21 bits per heavy atom. The third-order valence-electron chi connectivity index (χ3n) is 3.28. The second-order valence-corrected chi connectivity index (χ2v) is 4.83. The lowest BCUT2D eigenvalue weighted by Crippen LogP contribution is -2.31. The van der Waals surface area contributed by atoms with Crippen molar-refractivity contribution in [2.24, 2.45) is 5.73 Å². The lowest BCUT2D eigenvalue weighted by Gasteiger charge is -2.30. The van der Waals surface area contributed by atoms with Gasteiger partial charge in [0.2, 0.25) is 5.91 Å². The Morgan fingerprint density at radius 2 is 1.89 bits per heavy atom. The quantitative estimate of drug-likeness (QED) is 0.870. The first-order valence-corrected chi connectivity index (χ1v) is 6.54. The number of hydrogen-bond donors (Lipinski definition) is 2. The molecule has 2 rings (SSSR count). The van der Waals surface area contributed by atoms with E-state index in [0.29, 0.717) is 11.3 Å². The van der Waals surface area contributed by atoms with E-state index < -0.39 is 5.91 Å². The molecule has 0 saturated carbocycles. The fraction of sp³-hybridized carbons (Fsp3) is 0.429. The summed E-state index contributed by atoms with van der Waals surface area (Å²) in [6.07, 6.45) is 3.44. The molecular formula is C14H19N3O2. The van der Waals surface area contributed by atoms with Gasteiger partial charge in [0.25, 0.3) is 5.91 Å². The summed E-state index contributed by atoms with van der Waals surface area (Å²) in [5, 5.41) is 2.73. The van der Waals surface area contributed by atoms with Crippen LogP contribution in [0.15, 0.2) is 18.2 Å². The van der Waals surface area contributed by atoms with E-state index in [1.807, 2.05) is 6.07 Å². The minimum Gasteiger partial charge on any atom is -0.371 e. The number of amides is 2. The molecular weight excluding hydrogens is 242 g/mol. The maximum absolute atomic E-state index is 11.5. The minimum absolute atomic E-state index is 0.128. The zero-order valence-electron chi connectivity index (χ0n) is 11.1. The van der Waals surface area contributed by atoms with Crippen LogP contribution in [0.3, 0.4) is 0 Å². The van der Waals surface area contributed by atoms with Crippen molar-refractivity contribution in [2.45, 2.75) is 26.2 Å². The molecule has 0 bridgehead atoms. The van der Waals surface area contributed by atoms with Gasteiger partial charge in [-0.1, -0.05) is 0 Å². The average molecular weight is 261 g/mol. The van der Waals surface area contributed by atoms with E-state index in [4.69, 9.17) is 5.73 Å². The lowest BCUT2D eigenvalue weighted by atomic mass is 10.1. The van der Waals surface area contributed by atoms with E-state index in [-0.39, 0.29) is 5.91 Å². The van der Waals surface area contributed by atoms with Crippen molar-refractivity contribution in [3.8, 4) is 0 Å². The van der Waals surface area contributed by atoms with E-state index in [2.05, 4.69) is 10.2 Å². The summed E-state index contributed by atoms with van der Waals surface area (Å²) in [5.41, 5.74) is 7.44. The molecule has 2 amide bonds. The van der Waals surface area contributed by atoms with Crippen LogP contribution < -0.4 is 16.0 Å². The van der Waals surface area contributed by atoms with Crippen LogP contribution >= 0.6 is 0 Å². The fourth-order valence-electron chi connectivity index (χ4n) is 2.42. The van der Waals surface area contributed by atoms with E-state index in [1.165, 1.54) is 13.3 Å². The van der Waals surface area contributed by atoms with Crippen molar-refractivity contribution < 1.29 is 9.59 Å². The predicted octanol–water partition coefficient (Wildman–Crippen LogP) is 1.73. The number of rotatable bonds is 3. The predicted molar refractivity (Wildman–Crippen MR) is 75.3 cm³/mol. The van der Waals surface area contributed by atoms with Crippen LogP contribution in [0.1, 0.15) is 36.5 Å². The van der Waals surface area contributed by atoms with Crippen LogP contribution in [0, 0.1) is 0 Å².